The van der Waals surface area contributed by atoms with Crippen molar-refractivity contribution in [1.29, 1.82) is 0 Å². The molecule has 26 heavy (non-hydrogen) atoms. The van der Waals surface area contributed by atoms with E-state index in [4.69, 9.17) is 4.74 Å². The molecule has 0 radical (unpaired) electrons. The zero-order valence-electron chi connectivity index (χ0n) is 15.5. The molecule has 0 bridgehead atoms. The summed E-state index contributed by atoms with van der Waals surface area (Å²) in [6.45, 7) is 2.95. The van der Waals surface area contributed by atoms with Crippen LogP contribution in [0.15, 0.2) is 23.1 Å². The number of nitrogens with one attached hydrogen (secondary N) is 1. The molecule has 2 fully saturated rings. The molecule has 1 aromatic carbocycles. The zero-order chi connectivity index (χ0) is 18.7. The summed E-state index contributed by atoms with van der Waals surface area (Å²) in [5.74, 6) is 0.565. The van der Waals surface area contributed by atoms with Gasteiger partial charge in [0.1, 0.15) is 5.75 Å². The van der Waals surface area contributed by atoms with Crippen LogP contribution in [-0.2, 0) is 9.84 Å². The molecule has 2 atom stereocenters. The number of carbonyl (C=O) groups excluding carboxylic acids is 1. The minimum Gasteiger partial charge on any atom is -0.496 e. The van der Waals surface area contributed by atoms with Gasteiger partial charge in [-0.3, -0.25) is 4.79 Å². The first-order valence-corrected chi connectivity index (χ1v) is 11.2. The molecule has 2 heterocycles. The highest BCUT2D eigenvalue weighted by molar-refractivity contribution is 7.90. The summed E-state index contributed by atoms with van der Waals surface area (Å²) in [5, 5.41) is 3.01. The maximum absolute atomic E-state index is 12.7. The lowest BCUT2D eigenvalue weighted by Gasteiger charge is -2.44. The minimum atomic E-state index is -3.38. The molecule has 6 nitrogen and oxygen atoms in total. The van der Waals surface area contributed by atoms with Crippen molar-refractivity contribution in [3.05, 3.63) is 23.8 Å². The van der Waals surface area contributed by atoms with E-state index in [0.29, 0.717) is 24.3 Å². The van der Waals surface area contributed by atoms with E-state index in [9.17, 15) is 13.2 Å². The summed E-state index contributed by atoms with van der Waals surface area (Å²) in [6, 6.07) is 4.96. The summed E-state index contributed by atoms with van der Waals surface area (Å²) < 4.78 is 28.8. The third-order valence-electron chi connectivity index (χ3n) is 5.60. The third-order valence-corrected chi connectivity index (χ3v) is 6.71. The quantitative estimate of drug-likeness (QED) is 0.847. The number of piperidine rings is 2. The Balaban J connectivity index is 1.71. The number of ether oxygens (including phenoxy) is 1. The number of benzene rings is 1. The van der Waals surface area contributed by atoms with Crippen molar-refractivity contribution in [2.24, 2.45) is 5.92 Å². The number of amides is 1. The Morgan fingerprint density at radius 3 is 2.73 bits per heavy atom. The number of hydrogen-bond acceptors (Lipinski definition) is 5. The van der Waals surface area contributed by atoms with E-state index < -0.39 is 9.84 Å². The predicted molar refractivity (Wildman–Crippen MR) is 100 cm³/mol. The predicted octanol–water partition coefficient (Wildman–Crippen LogP) is 2.09. The van der Waals surface area contributed by atoms with Crippen LogP contribution in [0.4, 0.5) is 0 Å². The molecule has 2 saturated heterocycles. The van der Waals surface area contributed by atoms with Crippen molar-refractivity contribution in [3.8, 4) is 5.75 Å². The van der Waals surface area contributed by atoms with E-state index >= 15 is 0 Å². The Bertz CT molecular complexity index is 761. The van der Waals surface area contributed by atoms with Gasteiger partial charge < -0.3 is 15.0 Å². The number of methoxy groups -OCH3 is 1. The second-order valence-corrected chi connectivity index (χ2v) is 9.36. The highest BCUT2D eigenvalue weighted by atomic mass is 32.2. The zero-order valence-corrected chi connectivity index (χ0v) is 16.3. The van der Waals surface area contributed by atoms with E-state index in [1.165, 1.54) is 64.1 Å². The first kappa shape index (κ1) is 19.2. The second-order valence-electron chi connectivity index (χ2n) is 7.35. The fourth-order valence-corrected chi connectivity index (χ4v) is 4.88. The normalized spacial score (nSPS) is 23.9. The fourth-order valence-electron chi connectivity index (χ4n) is 4.23. The molecule has 7 heteroatoms. The van der Waals surface area contributed by atoms with Gasteiger partial charge in [0, 0.05) is 18.8 Å². The van der Waals surface area contributed by atoms with Gasteiger partial charge in [0.2, 0.25) is 0 Å². The number of carbonyl (C=O) groups is 1. The van der Waals surface area contributed by atoms with Gasteiger partial charge >= 0.3 is 0 Å². The Hall–Kier alpha value is -1.60. The monoisotopic (exact) mass is 380 g/mol. The summed E-state index contributed by atoms with van der Waals surface area (Å²) in [5.41, 5.74) is 0.270. The largest absolute Gasteiger partial charge is 0.496 e. The standard InChI is InChI=1S/C19H28N2O4S/c1-25-18-9-8-15(26(2,23)24)12-16(18)19(22)20-13-14-6-5-11-21-10-4-3-7-17(14)21/h8-9,12,14,17H,3-7,10-11,13H2,1-2H3,(H,20,22)/t14-,17+/m0/s1. The first-order chi connectivity index (χ1) is 12.4. The highest BCUT2D eigenvalue weighted by Gasteiger charge is 2.33. The van der Waals surface area contributed by atoms with Crippen LogP contribution in [0.1, 0.15) is 42.5 Å². The lowest BCUT2D eigenvalue weighted by atomic mass is 9.83. The van der Waals surface area contributed by atoms with Gasteiger partial charge in [0.05, 0.1) is 17.6 Å². The van der Waals surface area contributed by atoms with Crippen molar-refractivity contribution in [2.45, 2.75) is 43.0 Å². The second kappa shape index (κ2) is 7.96. The molecule has 0 spiro atoms. The van der Waals surface area contributed by atoms with Crippen molar-refractivity contribution in [3.63, 3.8) is 0 Å². The molecule has 3 rings (SSSR count). The van der Waals surface area contributed by atoms with Crippen molar-refractivity contribution >= 4 is 15.7 Å². The van der Waals surface area contributed by atoms with Crippen LogP contribution in [0, 0.1) is 5.92 Å². The Kier molecular flexibility index (Phi) is 5.87. The van der Waals surface area contributed by atoms with Crippen LogP contribution in [0.5, 0.6) is 5.75 Å². The van der Waals surface area contributed by atoms with Gasteiger partial charge in [-0.2, -0.15) is 0 Å². The van der Waals surface area contributed by atoms with Crippen LogP contribution in [0.2, 0.25) is 0 Å². The SMILES string of the molecule is COc1ccc(S(C)(=O)=O)cc1C(=O)NC[C@@H]1CCCN2CCCC[C@H]12. The average Bonchev–Trinajstić information content (AvgIpc) is 2.64. The molecule has 0 saturated carbocycles. The van der Waals surface area contributed by atoms with Gasteiger partial charge in [-0.25, -0.2) is 8.42 Å². The van der Waals surface area contributed by atoms with Crippen molar-refractivity contribution in [2.75, 3.05) is 33.0 Å². The van der Waals surface area contributed by atoms with Crippen molar-refractivity contribution in [1.82, 2.24) is 10.2 Å². The van der Waals surface area contributed by atoms with E-state index in [1.54, 1.807) is 0 Å². The Morgan fingerprint density at radius 1 is 1.23 bits per heavy atom. The Morgan fingerprint density at radius 2 is 2.00 bits per heavy atom. The topological polar surface area (TPSA) is 75.7 Å². The van der Waals surface area contributed by atoms with E-state index in [-0.39, 0.29) is 16.4 Å². The highest BCUT2D eigenvalue weighted by Crippen LogP contribution is 2.30. The summed E-state index contributed by atoms with van der Waals surface area (Å²) in [7, 11) is -1.90. The number of hydrogen-bond donors (Lipinski definition) is 1. The fraction of sp³-hybridized carbons (Fsp3) is 0.632. The Labute approximate surface area is 155 Å². The van der Waals surface area contributed by atoms with E-state index in [0.717, 1.165) is 12.7 Å². The van der Waals surface area contributed by atoms with Crippen LogP contribution < -0.4 is 10.1 Å². The molecule has 144 valence electrons. The molecule has 1 aromatic rings. The lowest BCUT2D eigenvalue weighted by Crippen LogP contribution is -2.51. The lowest BCUT2D eigenvalue weighted by molar-refractivity contribution is 0.0575. The molecule has 0 aromatic heterocycles. The van der Waals surface area contributed by atoms with Crippen LogP contribution >= 0.6 is 0 Å². The van der Waals surface area contributed by atoms with E-state index in [2.05, 4.69) is 10.2 Å². The van der Waals surface area contributed by atoms with Crippen LogP contribution in [0.25, 0.3) is 0 Å². The third kappa shape index (κ3) is 4.20. The van der Waals surface area contributed by atoms with Gasteiger partial charge in [0.15, 0.2) is 9.84 Å². The maximum atomic E-state index is 12.7. The number of nitrogens with zero attached hydrogens (tertiary/aromatic N) is 1. The maximum Gasteiger partial charge on any atom is 0.255 e. The smallest absolute Gasteiger partial charge is 0.255 e. The van der Waals surface area contributed by atoms with Gasteiger partial charge in [-0.1, -0.05) is 6.42 Å². The minimum absolute atomic E-state index is 0.125. The van der Waals surface area contributed by atoms with Gasteiger partial charge in [-0.15, -0.1) is 0 Å². The average molecular weight is 381 g/mol. The number of sulfone groups is 1. The summed E-state index contributed by atoms with van der Waals surface area (Å²) >= 11 is 0. The number of fused-ring (bicyclic) bond motifs is 1. The van der Waals surface area contributed by atoms with Crippen molar-refractivity contribution < 1.29 is 17.9 Å². The summed E-state index contributed by atoms with van der Waals surface area (Å²) in [4.78, 5) is 15.4. The molecule has 2 aliphatic rings. The van der Waals surface area contributed by atoms with Gasteiger partial charge in [-0.05, 0) is 62.9 Å². The molecular weight excluding hydrogens is 352 g/mol. The summed E-state index contributed by atoms with van der Waals surface area (Å²) in [6.07, 6.45) is 7.16. The van der Waals surface area contributed by atoms with Gasteiger partial charge in [0.25, 0.3) is 5.91 Å². The molecule has 1 amide bonds. The molecule has 0 aliphatic carbocycles. The molecular formula is C19H28N2O4S. The van der Waals surface area contributed by atoms with Crippen LogP contribution in [0.3, 0.4) is 0 Å². The molecule has 1 N–H and O–H groups in total. The number of rotatable bonds is 5. The molecule has 2 aliphatic heterocycles. The van der Waals surface area contributed by atoms with E-state index in [1.807, 2.05) is 0 Å². The van der Waals surface area contributed by atoms with Crippen LogP contribution in [-0.4, -0.2) is 58.3 Å². The first-order valence-electron chi connectivity index (χ1n) is 9.30. The molecule has 0 unspecified atom stereocenters.